The Hall–Kier alpha value is -0.150. The number of rotatable bonds is 1. The Balaban J connectivity index is 2.39. The summed E-state index contributed by atoms with van der Waals surface area (Å²) in [7, 11) is 0. The molecule has 1 rings (SSSR count). The van der Waals surface area contributed by atoms with Crippen molar-refractivity contribution in [1.29, 1.82) is 0 Å². The van der Waals surface area contributed by atoms with Gasteiger partial charge in [-0.05, 0) is 18.9 Å². The average molecular weight is 144 g/mol. The maximum absolute atomic E-state index is 5.43. The van der Waals surface area contributed by atoms with Gasteiger partial charge in [-0.3, -0.25) is 0 Å². The van der Waals surface area contributed by atoms with E-state index in [2.05, 4.69) is 12.2 Å². The topological polar surface area (TPSA) is 38.0 Å². The molecular formula is C6H12N2S. The Morgan fingerprint density at radius 3 is 2.67 bits per heavy atom. The average Bonchev–Trinajstić information content (AvgIpc) is 2.14. The Labute approximate surface area is 60.8 Å². The number of nitrogens with one attached hydrogen (secondary N) is 1. The highest BCUT2D eigenvalue weighted by Crippen LogP contribution is 2.12. The van der Waals surface area contributed by atoms with Crippen LogP contribution in [0.25, 0.3) is 0 Å². The summed E-state index contributed by atoms with van der Waals surface area (Å²) in [4.78, 5) is 0.611. The van der Waals surface area contributed by atoms with Crippen molar-refractivity contribution in [3.63, 3.8) is 0 Å². The van der Waals surface area contributed by atoms with Crippen LogP contribution in [0.2, 0.25) is 0 Å². The summed E-state index contributed by atoms with van der Waals surface area (Å²) in [6.07, 6.45) is 1.11. The fourth-order valence-corrected chi connectivity index (χ4v) is 1.31. The first-order valence-corrected chi connectivity index (χ1v) is 3.63. The molecule has 1 fully saturated rings. The Morgan fingerprint density at radius 2 is 2.44 bits per heavy atom. The first kappa shape index (κ1) is 6.96. The zero-order valence-corrected chi connectivity index (χ0v) is 6.37. The van der Waals surface area contributed by atoms with Crippen molar-refractivity contribution in [3.05, 3.63) is 0 Å². The van der Waals surface area contributed by atoms with Gasteiger partial charge in [-0.1, -0.05) is 19.1 Å². The van der Waals surface area contributed by atoms with Crippen LogP contribution < -0.4 is 11.1 Å². The van der Waals surface area contributed by atoms with Crippen molar-refractivity contribution in [3.8, 4) is 0 Å². The standard InChI is InChI=1S/C6H12N2S/c1-4-2-5(6(7)9)8-3-4/h4-5,8H,2-3H2,1H3,(H2,7,9). The second-order valence-corrected chi connectivity index (χ2v) is 3.18. The quantitative estimate of drug-likeness (QED) is 0.519. The summed E-state index contributed by atoms with van der Waals surface area (Å²) in [5.41, 5.74) is 5.43. The van der Waals surface area contributed by atoms with E-state index in [4.69, 9.17) is 18.0 Å². The van der Waals surface area contributed by atoms with Crippen LogP contribution in [0.3, 0.4) is 0 Å². The third kappa shape index (κ3) is 1.63. The molecule has 0 radical (unpaired) electrons. The number of nitrogens with two attached hydrogens (primary N) is 1. The van der Waals surface area contributed by atoms with E-state index in [1.54, 1.807) is 0 Å². The van der Waals surface area contributed by atoms with Gasteiger partial charge in [0, 0.05) is 0 Å². The molecule has 2 nitrogen and oxygen atoms in total. The van der Waals surface area contributed by atoms with Crippen LogP contribution in [-0.4, -0.2) is 17.6 Å². The zero-order chi connectivity index (χ0) is 6.85. The molecule has 1 heterocycles. The smallest absolute Gasteiger partial charge is 0.0899 e. The van der Waals surface area contributed by atoms with Crippen molar-refractivity contribution < 1.29 is 0 Å². The summed E-state index contributed by atoms with van der Waals surface area (Å²) in [6, 6.07) is 0.301. The lowest BCUT2D eigenvalue weighted by atomic mass is 10.1. The highest BCUT2D eigenvalue weighted by atomic mass is 32.1. The van der Waals surface area contributed by atoms with Crippen LogP contribution >= 0.6 is 12.2 Å². The molecule has 0 amide bonds. The third-order valence-corrected chi connectivity index (χ3v) is 1.98. The molecule has 0 aromatic heterocycles. The van der Waals surface area contributed by atoms with Gasteiger partial charge >= 0.3 is 0 Å². The molecular weight excluding hydrogens is 132 g/mol. The van der Waals surface area contributed by atoms with Crippen LogP contribution in [0.15, 0.2) is 0 Å². The van der Waals surface area contributed by atoms with E-state index in [-0.39, 0.29) is 0 Å². The van der Waals surface area contributed by atoms with Crippen LogP contribution in [0.1, 0.15) is 13.3 Å². The van der Waals surface area contributed by atoms with E-state index in [1.165, 1.54) is 0 Å². The summed E-state index contributed by atoms with van der Waals surface area (Å²) < 4.78 is 0. The molecule has 0 spiro atoms. The van der Waals surface area contributed by atoms with Crippen molar-refractivity contribution in [1.82, 2.24) is 5.32 Å². The minimum Gasteiger partial charge on any atom is -0.392 e. The van der Waals surface area contributed by atoms with Gasteiger partial charge in [0.15, 0.2) is 0 Å². The Bertz CT molecular complexity index is 124. The van der Waals surface area contributed by atoms with E-state index >= 15 is 0 Å². The van der Waals surface area contributed by atoms with Gasteiger partial charge in [0.25, 0.3) is 0 Å². The van der Waals surface area contributed by atoms with Crippen LogP contribution in [0.4, 0.5) is 0 Å². The summed E-state index contributed by atoms with van der Waals surface area (Å²) in [5, 5.41) is 3.24. The third-order valence-electron chi connectivity index (χ3n) is 1.69. The van der Waals surface area contributed by atoms with Gasteiger partial charge < -0.3 is 11.1 Å². The molecule has 0 aromatic carbocycles. The predicted molar refractivity (Wildman–Crippen MR) is 42.4 cm³/mol. The van der Waals surface area contributed by atoms with E-state index in [9.17, 15) is 0 Å². The SMILES string of the molecule is CC1CNC(C(N)=S)C1. The lowest BCUT2D eigenvalue weighted by Crippen LogP contribution is -2.34. The van der Waals surface area contributed by atoms with E-state index < -0.39 is 0 Å². The molecule has 52 valence electrons. The van der Waals surface area contributed by atoms with Gasteiger partial charge in [-0.25, -0.2) is 0 Å². The van der Waals surface area contributed by atoms with Crippen LogP contribution in [0, 0.1) is 5.92 Å². The molecule has 1 aliphatic heterocycles. The van der Waals surface area contributed by atoms with Gasteiger partial charge in [0.1, 0.15) is 0 Å². The molecule has 3 heteroatoms. The second kappa shape index (κ2) is 2.62. The number of thiocarbonyl (C=S) groups is 1. The number of hydrogen-bond acceptors (Lipinski definition) is 2. The molecule has 0 aromatic rings. The summed E-state index contributed by atoms with van der Waals surface area (Å²) >= 11 is 4.82. The molecule has 0 bridgehead atoms. The maximum Gasteiger partial charge on any atom is 0.0899 e. The van der Waals surface area contributed by atoms with E-state index in [0.29, 0.717) is 11.0 Å². The lowest BCUT2D eigenvalue weighted by Gasteiger charge is -2.05. The van der Waals surface area contributed by atoms with Gasteiger partial charge in [0.05, 0.1) is 11.0 Å². The molecule has 1 saturated heterocycles. The Morgan fingerprint density at radius 1 is 1.78 bits per heavy atom. The molecule has 0 aliphatic carbocycles. The monoisotopic (exact) mass is 144 g/mol. The van der Waals surface area contributed by atoms with Crippen LogP contribution in [-0.2, 0) is 0 Å². The number of hydrogen-bond donors (Lipinski definition) is 2. The fraction of sp³-hybridized carbons (Fsp3) is 0.833. The second-order valence-electron chi connectivity index (χ2n) is 2.70. The first-order valence-electron chi connectivity index (χ1n) is 3.23. The van der Waals surface area contributed by atoms with Gasteiger partial charge in [-0.15, -0.1) is 0 Å². The van der Waals surface area contributed by atoms with Crippen molar-refractivity contribution in [2.75, 3.05) is 6.54 Å². The lowest BCUT2D eigenvalue weighted by molar-refractivity contribution is 0.646. The first-order chi connectivity index (χ1) is 4.20. The van der Waals surface area contributed by atoms with Gasteiger partial charge in [-0.2, -0.15) is 0 Å². The highest BCUT2D eigenvalue weighted by molar-refractivity contribution is 7.80. The molecule has 1 aliphatic rings. The largest absolute Gasteiger partial charge is 0.392 e. The van der Waals surface area contributed by atoms with Crippen molar-refractivity contribution in [2.24, 2.45) is 11.7 Å². The highest BCUT2D eigenvalue weighted by Gasteiger charge is 2.21. The normalized spacial score (nSPS) is 34.8. The van der Waals surface area contributed by atoms with Crippen LogP contribution in [0.5, 0.6) is 0 Å². The van der Waals surface area contributed by atoms with Crippen molar-refractivity contribution in [2.45, 2.75) is 19.4 Å². The molecule has 2 atom stereocenters. The predicted octanol–water partition coefficient (Wildman–Crippen LogP) is 0.271. The fourth-order valence-electron chi connectivity index (χ4n) is 1.13. The minimum atomic E-state index is 0.301. The van der Waals surface area contributed by atoms with Crippen molar-refractivity contribution >= 4 is 17.2 Å². The molecule has 3 N–H and O–H groups in total. The van der Waals surface area contributed by atoms with E-state index in [1.807, 2.05) is 0 Å². The summed E-state index contributed by atoms with van der Waals surface area (Å²) in [5.74, 6) is 0.733. The Kier molecular flexibility index (Phi) is 2.03. The van der Waals surface area contributed by atoms with E-state index in [0.717, 1.165) is 18.9 Å². The molecule has 9 heavy (non-hydrogen) atoms. The van der Waals surface area contributed by atoms with Gasteiger partial charge in [0.2, 0.25) is 0 Å². The maximum atomic E-state index is 5.43. The minimum absolute atomic E-state index is 0.301. The zero-order valence-electron chi connectivity index (χ0n) is 5.55. The summed E-state index contributed by atoms with van der Waals surface area (Å²) in [6.45, 7) is 3.26. The molecule has 0 saturated carbocycles. The molecule has 2 unspecified atom stereocenters.